The van der Waals surface area contributed by atoms with Gasteiger partial charge in [0.25, 0.3) is 0 Å². The number of nitrogens with one attached hydrogen (secondary N) is 1. The summed E-state index contributed by atoms with van der Waals surface area (Å²) in [6, 6.07) is 8.65. The first kappa shape index (κ1) is 14.7. The zero-order valence-electron chi connectivity index (χ0n) is 13.6. The number of benzene rings is 1. The van der Waals surface area contributed by atoms with Crippen LogP contribution in [0, 0.1) is 11.8 Å². The monoisotopic (exact) mass is 312 g/mol. The van der Waals surface area contributed by atoms with Gasteiger partial charge in [0.15, 0.2) is 0 Å². The molecule has 0 aromatic heterocycles. The Labute approximate surface area is 137 Å². The molecule has 1 N–H and O–H groups in total. The summed E-state index contributed by atoms with van der Waals surface area (Å²) in [5.41, 5.74) is 2.27. The van der Waals surface area contributed by atoms with Gasteiger partial charge >= 0.3 is 0 Å². The van der Waals surface area contributed by atoms with E-state index in [1.807, 2.05) is 23.1 Å². The van der Waals surface area contributed by atoms with E-state index in [2.05, 4.69) is 18.3 Å². The molecular formula is C19H24N2O2. The quantitative estimate of drug-likeness (QED) is 0.933. The summed E-state index contributed by atoms with van der Waals surface area (Å²) in [4.78, 5) is 27.1. The van der Waals surface area contributed by atoms with Crippen LogP contribution in [0.5, 0.6) is 0 Å². The number of fused-ring (bicyclic) bond motifs is 1. The SMILES string of the molecule is CC1Cc2ccccc2N1C(=O)C1CC1C(=O)NC1CCCC1. The zero-order valence-corrected chi connectivity index (χ0v) is 13.6. The molecule has 2 amide bonds. The number of anilines is 1. The fraction of sp³-hybridized carbons (Fsp3) is 0.579. The molecule has 4 heteroatoms. The predicted octanol–water partition coefficient (Wildman–Crippen LogP) is 2.66. The van der Waals surface area contributed by atoms with E-state index >= 15 is 0 Å². The highest BCUT2D eigenvalue weighted by Gasteiger charge is 2.51. The van der Waals surface area contributed by atoms with Gasteiger partial charge in [-0.1, -0.05) is 31.0 Å². The number of rotatable bonds is 3. The van der Waals surface area contributed by atoms with E-state index in [1.54, 1.807) is 0 Å². The lowest BCUT2D eigenvalue weighted by atomic mass is 10.1. The van der Waals surface area contributed by atoms with Crippen molar-refractivity contribution in [3.05, 3.63) is 29.8 Å². The second kappa shape index (κ2) is 5.66. The molecule has 1 heterocycles. The average Bonchev–Trinajstić information content (AvgIpc) is 3.05. The van der Waals surface area contributed by atoms with Crippen LogP contribution in [0.1, 0.15) is 44.6 Å². The van der Waals surface area contributed by atoms with Crippen molar-refractivity contribution in [2.24, 2.45) is 11.8 Å². The largest absolute Gasteiger partial charge is 0.353 e. The van der Waals surface area contributed by atoms with Crippen LogP contribution in [0.3, 0.4) is 0 Å². The van der Waals surface area contributed by atoms with Crippen LogP contribution in [0.15, 0.2) is 24.3 Å². The van der Waals surface area contributed by atoms with Crippen molar-refractivity contribution in [3.8, 4) is 0 Å². The number of hydrogen-bond donors (Lipinski definition) is 1. The van der Waals surface area contributed by atoms with Crippen LogP contribution in [0.25, 0.3) is 0 Å². The van der Waals surface area contributed by atoms with Crippen LogP contribution in [0.2, 0.25) is 0 Å². The number of carbonyl (C=O) groups is 2. The molecule has 2 fully saturated rings. The van der Waals surface area contributed by atoms with Crippen molar-refractivity contribution < 1.29 is 9.59 Å². The molecule has 2 aliphatic carbocycles. The highest BCUT2D eigenvalue weighted by Crippen LogP contribution is 2.44. The minimum atomic E-state index is -0.120. The Morgan fingerprint density at radius 1 is 1.13 bits per heavy atom. The van der Waals surface area contributed by atoms with Crippen molar-refractivity contribution in [2.45, 2.75) is 57.5 Å². The molecule has 4 nitrogen and oxygen atoms in total. The molecule has 2 saturated carbocycles. The zero-order chi connectivity index (χ0) is 16.0. The predicted molar refractivity (Wildman–Crippen MR) is 89.1 cm³/mol. The first-order valence-corrected chi connectivity index (χ1v) is 8.86. The average molecular weight is 312 g/mol. The molecule has 0 spiro atoms. The Balaban J connectivity index is 1.42. The molecule has 23 heavy (non-hydrogen) atoms. The molecule has 3 aliphatic rings. The summed E-state index contributed by atoms with van der Waals surface area (Å²) < 4.78 is 0. The highest BCUT2D eigenvalue weighted by atomic mass is 16.2. The van der Waals surface area contributed by atoms with Crippen LogP contribution in [-0.4, -0.2) is 23.9 Å². The number of nitrogens with zero attached hydrogens (tertiary/aromatic N) is 1. The van der Waals surface area contributed by atoms with E-state index in [0.29, 0.717) is 12.5 Å². The third-order valence-corrected chi connectivity index (χ3v) is 5.59. The fourth-order valence-electron chi connectivity index (χ4n) is 4.22. The van der Waals surface area contributed by atoms with E-state index in [9.17, 15) is 9.59 Å². The Morgan fingerprint density at radius 2 is 1.87 bits per heavy atom. The minimum absolute atomic E-state index is 0.0929. The van der Waals surface area contributed by atoms with Gasteiger partial charge in [-0.3, -0.25) is 9.59 Å². The van der Waals surface area contributed by atoms with E-state index in [1.165, 1.54) is 18.4 Å². The van der Waals surface area contributed by atoms with Crippen molar-refractivity contribution >= 4 is 17.5 Å². The van der Waals surface area contributed by atoms with Crippen LogP contribution < -0.4 is 10.2 Å². The van der Waals surface area contributed by atoms with Crippen molar-refractivity contribution in [3.63, 3.8) is 0 Å². The Morgan fingerprint density at radius 3 is 2.65 bits per heavy atom. The van der Waals surface area contributed by atoms with Gasteiger partial charge in [-0.25, -0.2) is 0 Å². The molecule has 0 bridgehead atoms. The van der Waals surface area contributed by atoms with Gasteiger partial charge in [0, 0.05) is 17.8 Å². The minimum Gasteiger partial charge on any atom is -0.353 e. The molecule has 1 aromatic rings. The molecule has 3 atom stereocenters. The summed E-state index contributed by atoms with van der Waals surface area (Å²) in [6.45, 7) is 2.09. The first-order chi connectivity index (χ1) is 11.1. The maximum Gasteiger partial charge on any atom is 0.231 e. The third-order valence-electron chi connectivity index (χ3n) is 5.59. The maximum absolute atomic E-state index is 12.9. The van der Waals surface area contributed by atoms with Crippen LogP contribution in [-0.2, 0) is 16.0 Å². The molecule has 1 aliphatic heterocycles. The van der Waals surface area contributed by atoms with Gasteiger partial charge in [-0.2, -0.15) is 0 Å². The standard InChI is InChI=1S/C19H24N2O2/c1-12-10-13-6-2-5-9-17(13)21(12)19(23)16-11-15(16)18(22)20-14-7-3-4-8-14/h2,5-6,9,12,14-16H,3-4,7-8,10-11H2,1H3,(H,20,22). The van der Waals surface area contributed by atoms with Crippen molar-refractivity contribution in [1.82, 2.24) is 5.32 Å². The van der Waals surface area contributed by atoms with E-state index in [4.69, 9.17) is 0 Å². The second-order valence-corrected chi connectivity index (χ2v) is 7.33. The lowest BCUT2D eigenvalue weighted by molar-refractivity contribution is -0.126. The molecule has 0 radical (unpaired) electrons. The summed E-state index contributed by atoms with van der Waals surface area (Å²) >= 11 is 0. The second-order valence-electron chi connectivity index (χ2n) is 7.33. The Bertz CT molecular complexity index is 636. The van der Waals surface area contributed by atoms with Gasteiger partial charge in [0.1, 0.15) is 0 Å². The molecule has 3 unspecified atom stereocenters. The first-order valence-electron chi connectivity index (χ1n) is 8.86. The summed E-state index contributed by atoms with van der Waals surface area (Å²) in [7, 11) is 0. The maximum atomic E-state index is 12.9. The van der Waals surface area contributed by atoms with Gasteiger partial charge in [-0.05, 0) is 44.2 Å². The van der Waals surface area contributed by atoms with Crippen molar-refractivity contribution in [1.29, 1.82) is 0 Å². The molecule has 1 aromatic carbocycles. The van der Waals surface area contributed by atoms with Crippen molar-refractivity contribution in [2.75, 3.05) is 4.90 Å². The summed E-state index contributed by atoms with van der Waals surface area (Å²) in [5.74, 6) is -0.00233. The number of amides is 2. The number of carbonyl (C=O) groups excluding carboxylic acids is 2. The topological polar surface area (TPSA) is 49.4 Å². The van der Waals surface area contributed by atoms with Crippen LogP contribution >= 0.6 is 0 Å². The fourth-order valence-corrected chi connectivity index (χ4v) is 4.22. The molecule has 0 saturated heterocycles. The van der Waals surface area contributed by atoms with Crippen LogP contribution in [0.4, 0.5) is 5.69 Å². The lowest BCUT2D eigenvalue weighted by Crippen LogP contribution is -2.39. The van der Waals surface area contributed by atoms with E-state index in [0.717, 1.165) is 24.9 Å². The summed E-state index contributed by atoms with van der Waals surface area (Å²) in [6.07, 6.45) is 6.22. The van der Waals surface area contributed by atoms with E-state index < -0.39 is 0 Å². The normalized spacial score (nSPS) is 29.4. The summed E-state index contributed by atoms with van der Waals surface area (Å²) in [5, 5.41) is 3.14. The van der Waals surface area contributed by atoms with Gasteiger partial charge < -0.3 is 10.2 Å². The third kappa shape index (κ3) is 2.64. The number of para-hydroxylation sites is 1. The van der Waals surface area contributed by atoms with Gasteiger partial charge in [-0.15, -0.1) is 0 Å². The van der Waals surface area contributed by atoms with Gasteiger partial charge in [0.05, 0.1) is 11.8 Å². The number of hydrogen-bond acceptors (Lipinski definition) is 2. The molecule has 122 valence electrons. The molecular weight excluding hydrogens is 288 g/mol. The van der Waals surface area contributed by atoms with E-state index in [-0.39, 0.29) is 29.7 Å². The Hall–Kier alpha value is -1.84. The smallest absolute Gasteiger partial charge is 0.231 e. The Kier molecular flexibility index (Phi) is 3.63. The highest BCUT2D eigenvalue weighted by molar-refractivity contribution is 6.02. The molecule has 4 rings (SSSR count). The lowest BCUT2D eigenvalue weighted by Gasteiger charge is -2.23. The van der Waals surface area contributed by atoms with Gasteiger partial charge in [0.2, 0.25) is 11.8 Å².